The van der Waals surface area contributed by atoms with Crippen molar-refractivity contribution in [2.45, 2.75) is 26.3 Å². The van der Waals surface area contributed by atoms with Crippen LogP contribution in [0.1, 0.15) is 36.8 Å². The molecule has 24 heavy (non-hydrogen) atoms. The molecule has 6 heteroatoms. The fraction of sp³-hybridized carbons (Fsp3) is 0.278. The third-order valence-corrected chi connectivity index (χ3v) is 4.05. The van der Waals surface area contributed by atoms with Crippen LogP contribution in [0.15, 0.2) is 42.6 Å². The highest BCUT2D eigenvalue weighted by Crippen LogP contribution is 2.21. The molecule has 3 rings (SSSR count). The summed E-state index contributed by atoms with van der Waals surface area (Å²) in [6.45, 7) is 4.14. The van der Waals surface area contributed by atoms with Crippen molar-refractivity contribution in [3.8, 4) is 5.75 Å². The summed E-state index contributed by atoms with van der Waals surface area (Å²) in [5.74, 6) is 1.18. The van der Waals surface area contributed by atoms with E-state index in [0.29, 0.717) is 11.5 Å². The van der Waals surface area contributed by atoms with Crippen LogP contribution in [0.3, 0.4) is 0 Å². The van der Waals surface area contributed by atoms with Gasteiger partial charge in [-0.15, -0.1) is 0 Å². The van der Waals surface area contributed by atoms with E-state index in [1.807, 2.05) is 28.9 Å². The van der Waals surface area contributed by atoms with Crippen molar-refractivity contribution >= 4 is 22.6 Å². The van der Waals surface area contributed by atoms with Crippen molar-refractivity contribution in [1.29, 1.82) is 0 Å². The standard InChI is InChI=1S/C18H20N4O2/c1-4-12(2)22-17(9-10-19-22)21-18(23)16-7-5-13-11-14(24-3)6-8-15(13)20-16/h5-12H,4H2,1-3H3,(H,21,23). The minimum absolute atomic E-state index is 0.215. The third-order valence-electron chi connectivity index (χ3n) is 4.05. The topological polar surface area (TPSA) is 69.0 Å². The van der Waals surface area contributed by atoms with Gasteiger partial charge in [-0.3, -0.25) is 4.79 Å². The SMILES string of the molecule is CCC(C)n1nccc1NC(=O)c1ccc2cc(OC)ccc2n1. The summed E-state index contributed by atoms with van der Waals surface area (Å²) < 4.78 is 7.01. The Hall–Kier alpha value is -2.89. The Balaban J connectivity index is 1.85. The van der Waals surface area contributed by atoms with Gasteiger partial charge >= 0.3 is 0 Å². The molecule has 0 aliphatic heterocycles. The first-order valence-corrected chi connectivity index (χ1v) is 7.92. The molecule has 124 valence electrons. The van der Waals surface area contributed by atoms with Gasteiger partial charge in [0, 0.05) is 11.5 Å². The Morgan fingerprint density at radius 3 is 2.88 bits per heavy atom. The molecule has 0 radical (unpaired) electrons. The molecule has 1 unspecified atom stereocenters. The lowest BCUT2D eigenvalue weighted by Crippen LogP contribution is -2.18. The molecule has 1 aromatic carbocycles. The molecule has 0 fully saturated rings. The lowest BCUT2D eigenvalue weighted by atomic mass is 10.2. The first-order valence-electron chi connectivity index (χ1n) is 7.92. The molecule has 6 nitrogen and oxygen atoms in total. The molecule has 0 saturated carbocycles. The number of benzene rings is 1. The number of hydrogen-bond donors (Lipinski definition) is 1. The van der Waals surface area contributed by atoms with Crippen molar-refractivity contribution in [3.63, 3.8) is 0 Å². The van der Waals surface area contributed by atoms with E-state index >= 15 is 0 Å². The number of amides is 1. The van der Waals surface area contributed by atoms with E-state index in [-0.39, 0.29) is 11.9 Å². The molecule has 0 aliphatic carbocycles. The monoisotopic (exact) mass is 324 g/mol. The number of carbonyl (C=O) groups is 1. The Bertz CT molecular complexity index is 872. The van der Waals surface area contributed by atoms with E-state index in [1.165, 1.54) is 0 Å². The number of ether oxygens (including phenoxy) is 1. The van der Waals surface area contributed by atoms with Crippen LogP contribution in [0.4, 0.5) is 5.82 Å². The van der Waals surface area contributed by atoms with E-state index in [9.17, 15) is 4.79 Å². The maximum atomic E-state index is 12.5. The first-order chi connectivity index (χ1) is 11.6. The summed E-state index contributed by atoms with van der Waals surface area (Å²) in [5, 5.41) is 8.08. The van der Waals surface area contributed by atoms with E-state index in [0.717, 1.165) is 23.1 Å². The van der Waals surface area contributed by atoms with Gasteiger partial charge in [0.25, 0.3) is 5.91 Å². The number of methoxy groups -OCH3 is 1. The van der Waals surface area contributed by atoms with Gasteiger partial charge in [0.2, 0.25) is 0 Å². The number of anilines is 1. The second kappa shape index (κ2) is 6.70. The van der Waals surface area contributed by atoms with E-state index in [2.05, 4.69) is 29.2 Å². The van der Waals surface area contributed by atoms with Gasteiger partial charge in [0.1, 0.15) is 17.3 Å². The minimum Gasteiger partial charge on any atom is -0.497 e. The Kier molecular flexibility index (Phi) is 4.46. The molecule has 2 heterocycles. The highest BCUT2D eigenvalue weighted by molar-refractivity contribution is 6.03. The highest BCUT2D eigenvalue weighted by atomic mass is 16.5. The lowest BCUT2D eigenvalue weighted by molar-refractivity contribution is 0.102. The molecule has 0 bridgehead atoms. The maximum Gasteiger partial charge on any atom is 0.275 e. The highest BCUT2D eigenvalue weighted by Gasteiger charge is 2.14. The second-order valence-electron chi connectivity index (χ2n) is 5.63. The van der Waals surface area contributed by atoms with Gasteiger partial charge in [0.05, 0.1) is 24.9 Å². The van der Waals surface area contributed by atoms with E-state index < -0.39 is 0 Å². The normalized spacial score (nSPS) is 12.1. The summed E-state index contributed by atoms with van der Waals surface area (Å²) in [7, 11) is 1.62. The molecule has 0 aliphatic rings. The van der Waals surface area contributed by atoms with Crippen molar-refractivity contribution in [2.75, 3.05) is 12.4 Å². The molecular weight excluding hydrogens is 304 g/mol. The zero-order valence-corrected chi connectivity index (χ0v) is 14.0. The number of pyridine rings is 1. The van der Waals surface area contributed by atoms with Gasteiger partial charge in [-0.1, -0.05) is 13.0 Å². The predicted octanol–water partition coefficient (Wildman–Crippen LogP) is 3.66. The van der Waals surface area contributed by atoms with Crippen LogP contribution < -0.4 is 10.1 Å². The van der Waals surface area contributed by atoms with Crippen molar-refractivity contribution in [1.82, 2.24) is 14.8 Å². The van der Waals surface area contributed by atoms with Gasteiger partial charge in [-0.05, 0) is 37.6 Å². The second-order valence-corrected chi connectivity index (χ2v) is 5.63. The molecule has 0 spiro atoms. The Labute approximate surface area is 140 Å². The molecule has 1 N–H and O–H groups in total. The third kappa shape index (κ3) is 3.08. The maximum absolute atomic E-state index is 12.5. The van der Waals surface area contributed by atoms with Crippen LogP contribution in [-0.4, -0.2) is 27.8 Å². The van der Waals surface area contributed by atoms with E-state index in [4.69, 9.17) is 4.74 Å². The van der Waals surface area contributed by atoms with Crippen molar-refractivity contribution < 1.29 is 9.53 Å². The van der Waals surface area contributed by atoms with Gasteiger partial charge < -0.3 is 10.1 Å². The van der Waals surface area contributed by atoms with Crippen LogP contribution in [0.2, 0.25) is 0 Å². The molecule has 3 aromatic rings. The molecule has 1 atom stereocenters. The summed E-state index contributed by atoms with van der Waals surface area (Å²) in [4.78, 5) is 16.9. The Morgan fingerprint density at radius 1 is 1.29 bits per heavy atom. The summed E-state index contributed by atoms with van der Waals surface area (Å²) in [6.07, 6.45) is 2.61. The lowest BCUT2D eigenvalue weighted by Gasteiger charge is -2.14. The molecule has 2 aromatic heterocycles. The number of carbonyl (C=O) groups excluding carboxylic acids is 1. The van der Waals surface area contributed by atoms with Crippen LogP contribution >= 0.6 is 0 Å². The number of rotatable bonds is 5. The Morgan fingerprint density at radius 2 is 2.12 bits per heavy atom. The smallest absolute Gasteiger partial charge is 0.275 e. The molecular formula is C18H20N4O2. The number of hydrogen-bond acceptors (Lipinski definition) is 4. The predicted molar refractivity (Wildman–Crippen MR) is 93.5 cm³/mol. The average Bonchev–Trinajstić information content (AvgIpc) is 3.08. The summed E-state index contributed by atoms with van der Waals surface area (Å²) in [5.41, 5.74) is 1.11. The first kappa shape index (κ1) is 16.0. The van der Waals surface area contributed by atoms with Gasteiger partial charge in [-0.25, -0.2) is 9.67 Å². The van der Waals surface area contributed by atoms with Crippen LogP contribution in [-0.2, 0) is 0 Å². The van der Waals surface area contributed by atoms with Crippen LogP contribution in [0.5, 0.6) is 5.75 Å². The largest absolute Gasteiger partial charge is 0.497 e. The van der Waals surface area contributed by atoms with Crippen LogP contribution in [0.25, 0.3) is 10.9 Å². The average molecular weight is 324 g/mol. The number of nitrogens with zero attached hydrogens (tertiary/aromatic N) is 3. The fourth-order valence-corrected chi connectivity index (χ4v) is 2.47. The number of nitrogens with one attached hydrogen (secondary N) is 1. The number of aromatic nitrogens is 3. The van der Waals surface area contributed by atoms with Gasteiger partial charge in [0.15, 0.2) is 0 Å². The van der Waals surface area contributed by atoms with Crippen molar-refractivity contribution in [2.24, 2.45) is 0 Å². The summed E-state index contributed by atoms with van der Waals surface area (Å²) in [6, 6.07) is 11.1. The van der Waals surface area contributed by atoms with Gasteiger partial charge in [-0.2, -0.15) is 5.10 Å². The zero-order chi connectivity index (χ0) is 17.1. The quantitative estimate of drug-likeness (QED) is 0.777. The van der Waals surface area contributed by atoms with E-state index in [1.54, 1.807) is 25.4 Å². The summed E-state index contributed by atoms with van der Waals surface area (Å²) >= 11 is 0. The minimum atomic E-state index is -0.252. The van der Waals surface area contributed by atoms with Crippen molar-refractivity contribution in [3.05, 3.63) is 48.3 Å². The zero-order valence-electron chi connectivity index (χ0n) is 14.0. The molecule has 0 saturated heterocycles. The number of fused-ring (bicyclic) bond motifs is 1. The van der Waals surface area contributed by atoms with Crippen LogP contribution in [0, 0.1) is 0 Å². The fourth-order valence-electron chi connectivity index (χ4n) is 2.47. The molecule has 1 amide bonds.